The van der Waals surface area contributed by atoms with Crippen molar-refractivity contribution in [3.8, 4) is 5.75 Å². The van der Waals surface area contributed by atoms with Crippen LogP contribution in [-0.2, 0) is 26.6 Å². The number of rotatable bonds is 3. The number of methoxy groups -OCH3 is 1. The normalized spacial score (nSPS) is 15.2. The van der Waals surface area contributed by atoms with Gasteiger partial charge in [-0.1, -0.05) is 6.07 Å². The summed E-state index contributed by atoms with van der Waals surface area (Å²) in [5.41, 5.74) is 3.88. The minimum atomic E-state index is 0.874. The number of benzene rings is 1. The van der Waals surface area contributed by atoms with Gasteiger partial charge < -0.3 is 9.30 Å². The molecule has 1 aromatic heterocycles. The van der Waals surface area contributed by atoms with E-state index in [1.54, 1.807) is 7.11 Å². The van der Waals surface area contributed by atoms with E-state index in [9.17, 15) is 0 Å². The van der Waals surface area contributed by atoms with E-state index in [1.165, 1.54) is 17.0 Å². The van der Waals surface area contributed by atoms with Crippen LogP contribution in [0, 0.1) is 0 Å². The standard InChI is InChI=1S/C15H18BrN3O/c1-18-10-17-13-9-19(6-5-14(13)18)8-11-3-4-15(20-2)12(16)7-11/h3-4,7,10H,5-6,8-9H2,1-2H3. The molecule has 4 nitrogen and oxygen atoms in total. The second kappa shape index (κ2) is 5.58. The molecule has 20 heavy (non-hydrogen) atoms. The lowest BCUT2D eigenvalue weighted by Crippen LogP contribution is -2.30. The number of aromatic nitrogens is 2. The zero-order valence-electron chi connectivity index (χ0n) is 11.8. The molecule has 0 unspecified atom stereocenters. The molecule has 1 aliphatic heterocycles. The third kappa shape index (κ3) is 2.60. The van der Waals surface area contributed by atoms with E-state index in [2.05, 4.69) is 49.6 Å². The van der Waals surface area contributed by atoms with E-state index in [1.807, 2.05) is 12.4 Å². The highest BCUT2D eigenvalue weighted by Gasteiger charge is 2.20. The number of nitrogens with zero attached hydrogens (tertiary/aromatic N) is 3. The molecular formula is C15H18BrN3O. The third-order valence-corrected chi connectivity index (χ3v) is 4.43. The fourth-order valence-corrected chi connectivity index (χ4v) is 3.30. The maximum atomic E-state index is 5.27. The molecule has 106 valence electrons. The van der Waals surface area contributed by atoms with E-state index in [4.69, 9.17) is 4.74 Å². The molecule has 0 fully saturated rings. The van der Waals surface area contributed by atoms with Gasteiger partial charge in [0.15, 0.2) is 0 Å². The molecule has 5 heteroatoms. The number of fused-ring (bicyclic) bond motifs is 1. The highest BCUT2D eigenvalue weighted by atomic mass is 79.9. The van der Waals surface area contributed by atoms with Crippen LogP contribution >= 0.6 is 15.9 Å². The Bertz CT molecular complexity index is 624. The Hall–Kier alpha value is -1.33. The summed E-state index contributed by atoms with van der Waals surface area (Å²) in [5.74, 6) is 0.874. The number of halogens is 1. The van der Waals surface area contributed by atoms with Gasteiger partial charge in [-0.05, 0) is 33.6 Å². The summed E-state index contributed by atoms with van der Waals surface area (Å²) in [5, 5.41) is 0. The Balaban J connectivity index is 1.72. The minimum Gasteiger partial charge on any atom is -0.496 e. The molecule has 0 saturated carbocycles. The Kier molecular flexibility index (Phi) is 3.81. The maximum absolute atomic E-state index is 5.27. The zero-order chi connectivity index (χ0) is 14.1. The number of hydrogen-bond acceptors (Lipinski definition) is 3. The van der Waals surface area contributed by atoms with E-state index in [-0.39, 0.29) is 0 Å². The average molecular weight is 336 g/mol. The smallest absolute Gasteiger partial charge is 0.133 e. The highest BCUT2D eigenvalue weighted by Crippen LogP contribution is 2.27. The first kappa shape index (κ1) is 13.6. The number of ether oxygens (including phenoxy) is 1. The second-order valence-electron chi connectivity index (χ2n) is 5.18. The van der Waals surface area contributed by atoms with E-state index in [0.717, 1.165) is 36.3 Å². The monoisotopic (exact) mass is 335 g/mol. The molecular weight excluding hydrogens is 318 g/mol. The molecule has 1 aliphatic rings. The van der Waals surface area contributed by atoms with Crippen LogP contribution in [0.5, 0.6) is 5.75 Å². The first-order valence-electron chi connectivity index (χ1n) is 6.71. The van der Waals surface area contributed by atoms with Gasteiger partial charge in [-0.2, -0.15) is 0 Å². The molecule has 0 N–H and O–H groups in total. The van der Waals surface area contributed by atoms with Gasteiger partial charge in [0.25, 0.3) is 0 Å². The summed E-state index contributed by atoms with van der Waals surface area (Å²) in [6, 6.07) is 6.26. The summed E-state index contributed by atoms with van der Waals surface area (Å²) >= 11 is 3.54. The third-order valence-electron chi connectivity index (χ3n) is 3.81. The topological polar surface area (TPSA) is 30.3 Å². The Morgan fingerprint density at radius 1 is 1.40 bits per heavy atom. The van der Waals surface area contributed by atoms with E-state index < -0.39 is 0 Å². The maximum Gasteiger partial charge on any atom is 0.133 e. The number of imidazole rings is 1. The van der Waals surface area contributed by atoms with Crippen LogP contribution in [0.1, 0.15) is 17.0 Å². The lowest BCUT2D eigenvalue weighted by Gasteiger charge is -2.26. The molecule has 0 atom stereocenters. The first-order valence-corrected chi connectivity index (χ1v) is 7.50. The van der Waals surface area contributed by atoms with Gasteiger partial charge in [-0.25, -0.2) is 4.98 Å². The largest absolute Gasteiger partial charge is 0.496 e. The average Bonchev–Trinajstić information content (AvgIpc) is 2.80. The lowest BCUT2D eigenvalue weighted by atomic mass is 10.1. The second-order valence-corrected chi connectivity index (χ2v) is 6.03. The quantitative estimate of drug-likeness (QED) is 0.863. The predicted octanol–water partition coefficient (Wildman–Crippen LogP) is 2.75. The number of hydrogen-bond donors (Lipinski definition) is 0. The van der Waals surface area contributed by atoms with Crippen molar-refractivity contribution in [1.29, 1.82) is 0 Å². The van der Waals surface area contributed by atoms with E-state index >= 15 is 0 Å². The predicted molar refractivity (Wildman–Crippen MR) is 81.7 cm³/mol. The molecule has 2 heterocycles. The van der Waals surface area contributed by atoms with Gasteiger partial charge in [0, 0.05) is 38.8 Å². The lowest BCUT2D eigenvalue weighted by molar-refractivity contribution is 0.240. The SMILES string of the molecule is COc1ccc(CN2CCc3c(ncn3C)C2)cc1Br. The first-order chi connectivity index (χ1) is 9.67. The Labute approximate surface area is 127 Å². The molecule has 0 bridgehead atoms. The van der Waals surface area contributed by atoms with Crippen LogP contribution in [0.4, 0.5) is 0 Å². The molecule has 2 aromatic rings. The molecule has 0 amide bonds. The van der Waals surface area contributed by atoms with Gasteiger partial charge in [0.2, 0.25) is 0 Å². The molecule has 0 radical (unpaired) electrons. The summed E-state index contributed by atoms with van der Waals surface area (Å²) < 4.78 is 8.41. The van der Waals surface area contributed by atoms with Crippen molar-refractivity contribution in [2.75, 3.05) is 13.7 Å². The van der Waals surface area contributed by atoms with Crippen molar-refractivity contribution in [3.63, 3.8) is 0 Å². The summed E-state index contributed by atoms with van der Waals surface area (Å²) in [7, 11) is 3.76. The Morgan fingerprint density at radius 2 is 2.25 bits per heavy atom. The fourth-order valence-electron chi connectivity index (χ4n) is 2.71. The van der Waals surface area contributed by atoms with Crippen molar-refractivity contribution in [1.82, 2.24) is 14.5 Å². The highest BCUT2D eigenvalue weighted by molar-refractivity contribution is 9.10. The van der Waals surface area contributed by atoms with Crippen molar-refractivity contribution in [2.24, 2.45) is 7.05 Å². The van der Waals surface area contributed by atoms with Gasteiger partial charge >= 0.3 is 0 Å². The van der Waals surface area contributed by atoms with Crippen LogP contribution in [0.3, 0.4) is 0 Å². The van der Waals surface area contributed by atoms with Crippen molar-refractivity contribution in [3.05, 3.63) is 46.0 Å². The molecule has 0 spiro atoms. The summed E-state index contributed by atoms with van der Waals surface area (Å²) in [6.07, 6.45) is 2.99. The molecule has 1 aromatic carbocycles. The van der Waals surface area contributed by atoms with Gasteiger partial charge in [0.05, 0.1) is 23.6 Å². The van der Waals surface area contributed by atoms with Gasteiger partial charge in [0.1, 0.15) is 5.75 Å². The van der Waals surface area contributed by atoms with Crippen LogP contribution < -0.4 is 4.74 Å². The van der Waals surface area contributed by atoms with Gasteiger partial charge in [-0.3, -0.25) is 4.90 Å². The van der Waals surface area contributed by atoms with E-state index in [0.29, 0.717) is 0 Å². The van der Waals surface area contributed by atoms with Crippen LogP contribution in [-0.4, -0.2) is 28.1 Å². The summed E-state index contributed by atoms with van der Waals surface area (Å²) in [4.78, 5) is 6.92. The van der Waals surface area contributed by atoms with Gasteiger partial charge in [-0.15, -0.1) is 0 Å². The summed E-state index contributed by atoms with van der Waals surface area (Å²) in [6.45, 7) is 2.95. The fraction of sp³-hybridized carbons (Fsp3) is 0.400. The van der Waals surface area contributed by atoms with Crippen molar-refractivity contribution >= 4 is 15.9 Å². The van der Waals surface area contributed by atoms with Crippen LogP contribution in [0.2, 0.25) is 0 Å². The van der Waals surface area contributed by atoms with Crippen molar-refractivity contribution in [2.45, 2.75) is 19.5 Å². The van der Waals surface area contributed by atoms with Crippen LogP contribution in [0.15, 0.2) is 29.0 Å². The molecule has 3 rings (SSSR count). The minimum absolute atomic E-state index is 0.874. The number of aryl methyl sites for hydroxylation is 1. The Morgan fingerprint density at radius 3 is 3.00 bits per heavy atom. The molecule has 0 saturated heterocycles. The molecule has 0 aliphatic carbocycles. The van der Waals surface area contributed by atoms with Crippen molar-refractivity contribution < 1.29 is 4.74 Å². The van der Waals surface area contributed by atoms with Crippen LogP contribution in [0.25, 0.3) is 0 Å². The zero-order valence-corrected chi connectivity index (χ0v) is 13.4.